The Hall–Kier alpha value is -4.03. The van der Waals surface area contributed by atoms with Gasteiger partial charge < -0.3 is 21.1 Å². The lowest BCUT2D eigenvalue weighted by molar-refractivity contribution is -0.137. The minimum atomic E-state index is -4.46. The first-order valence-corrected chi connectivity index (χ1v) is 12.5. The minimum Gasteiger partial charge on any atom is -0.444 e. The van der Waals surface area contributed by atoms with E-state index in [0.29, 0.717) is 42.6 Å². The van der Waals surface area contributed by atoms with Gasteiger partial charge in [0.15, 0.2) is 0 Å². The van der Waals surface area contributed by atoms with E-state index in [1.807, 2.05) is 0 Å². The molecule has 1 saturated heterocycles. The maximum absolute atomic E-state index is 13.2. The monoisotopic (exact) mass is 547 g/mol. The number of halogens is 3. The second-order valence-corrected chi connectivity index (χ2v) is 10.7. The van der Waals surface area contributed by atoms with Crippen LogP contribution in [0.25, 0.3) is 11.3 Å². The van der Waals surface area contributed by atoms with Crippen LogP contribution in [-0.2, 0) is 17.5 Å². The number of benzene rings is 1. The molecule has 0 saturated carbocycles. The van der Waals surface area contributed by atoms with E-state index in [4.69, 9.17) is 16.2 Å². The number of alkyl halides is 3. The second-order valence-electron chi connectivity index (χ2n) is 10.7. The summed E-state index contributed by atoms with van der Waals surface area (Å²) in [5.41, 5.74) is 12.3. The molecule has 13 heteroatoms. The van der Waals surface area contributed by atoms with E-state index in [1.54, 1.807) is 49.5 Å². The number of nitrogens with two attached hydrogens (primary N) is 2. The topological polar surface area (TPSA) is 134 Å². The molecule has 1 fully saturated rings. The number of rotatable bonds is 5. The average molecular weight is 548 g/mol. The fourth-order valence-corrected chi connectivity index (χ4v) is 4.67. The molecule has 4 rings (SSSR count). The largest absolute Gasteiger partial charge is 0.444 e. The zero-order valence-corrected chi connectivity index (χ0v) is 22.2. The molecule has 1 aliphatic heterocycles. The van der Waals surface area contributed by atoms with Crippen molar-refractivity contribution in [3.8, 4) is 11.3 Å². The van der Waals surface area contributed by atoms with Crippen LogP contribution in [0.2, 0.25) is 0 Å². The molecule has 3 aromatic rings. The Balaban J connectivity index is 1.55. The van der Waals surface area contributed by atoms with E-state index in [2.05, 4.69) is 10.2 Å². The molecule has 4 N–H and O–H groups in total. The van der Waals surface area contributed by atoms with E-state index in [9.17, 15) is 22.8 Å². The van der Waals surface area contributed by atoms with Gasteiger partial charge in [-0.05, 0) is 58.2 Å². The van der Waals surface area contributed by atoms with Crippen LogP contribution >= 0.6 is 0 Å². The maximum Gasteiger partial charge on any atom is 0.416 e. The lowest BCUT2D eigenvalue weighted by Crippen LogP contribution is -2.42. The van der Waals surface area contributed by atoms with Crippen LogP contribution in [0.4, 0.5) is 23.8 Å². The molecule has 0 unspecified atom stereocenters. The molecule has 3 heterocycles. The smallest absolute Gasteiger partial charge is 0.416 e. The minimum absolute atomic E-state index is 0.0408. The first-order valence-electron chi connectivity index (χ1n) is 12.5. The van der Waals surface area contributed by atoms with Crippen molar-refractivity contribution >= 4 is 17.8 Å². The third kappa shape index (κ3) is 6.35. The molecule has 1 aromatic carbocycles. The third-order valence-corrected chi connectivity index (χ3v) is 6.37. The zero-order chi connectivity index (χ0) is 28.7. The van der Waals surface area contributed by atoms with Gasteiger partial charge in [-0.15, -0.1) is 0 Å². The number of piperidine rings is 1. The fraction of sp³-hybridized carbons (Fsp3) is 0.462. The van der Waals surface area contributed by atoms with Crippen molar-refractivity contribution < 1.29 is 27.5 Å². The van der Waals surface area contributed by atoms with E-state index in [1.165, 1.54) is 10.9 Å². The molecule has 0 bridgehead atoms. The number of aromatic nitrogens is 4. The van der Waals surface area contributed by atoms with Crippen molar-refractivity contribution in [3.05, 3.63) is 52.8 Å². The van der Waals surface area contributed by atoms with Crippen LogP contribution in [0.5, 0.6) is 0 Å². The molecule has 0 spiro atoms. The lowest BCUT2D eigenvalue weighted by atomic mass is 10.1. The number of aryl methyl sites for hydroxylation is 1. The standard InChI is InChI=1S/C26H32F3N7O3/c1-15-9-16(11-18(10-15)26(27,28)29)13-35-14-17(12-32-35)21-20(23(31)37)22(30)36(33-21)19-5-7-34(8-6-19)24(38)39-25(2,3)4/h9-12,14,19H,5-8,13,30H2,1-4H3,(H2,31,37). The molecular formula is C26H32F3N7O3. The number of likely N-dealkylation sites (tertiary alicyclic amines) is 1. The number of carbonyl (C=O) groups excluding carboxylic acids is 2. The summed E-state index contributed by atoms with van der Waals surface area (Å²) in [6.45, 7) is 7.94. The number of hydrogen-bond acceptors (Lipinski definition) is 6. The van der Waals surface area contributed by atoms with Crippen molar-refractivity contribution in [2.45, 2.75) is 64.9 Å². The SMILES string of the molecule is Cc1cc(Cn2cc(-c3nn(C4CCN(C(=O)OC(C)(C)C)CC4)c(N)c3C(N)=O)cn2)cc(C(F)(F)F)c1. The van der Waals surface area contributed by atoms with Crippen molar-refractivity contribution in [2.75, 3.05) is 18.8 Å². The van der Waals surface area contributed by atoms with Crippen molar-refractivity contribution in [1.29, 1.82) is 0 Å². The van der Waals surface area contributed by atoms with E-state index in [0.717, 1.165) is 12.1 Å². The third-order valence-electron chi connectivity index (χ3n) is 6.37. The van der Waals surface area contributed by atoms with Crippen LogP contribution in [-0.4, -0.2) is 55.2 Å². The van der Waals surface area contributed by atoms with Gasteiger partial charge in [-0.1, -0.05) is 11.6 Å². The molecule has 0 radical (unpaired) electrons. The van der Waals surface area contributed by atoms with Crippen LogP contribution in [0, 0.1) is 6.92 Å². The first-order chi connectivity index (χ1) is 18.1. The molecule has 1 aliphatic rings. The highest BCUT2D eigenvalue weighted by atomic mass is 19.4. The molecule has 0 atom stereocenters. The number of nitrogens with zero attached hydrogens (tertiary/aromatic N) is 5. The number of carbonyl (C=O) groups is 2. The first kappa shape index (κ1) is 28.0. The molecule has 2 amide bonds. The Bertz CT molecular complexity index is 1380. The highest BCUT2D eigenvalue weighted by Crippen LogP contribution is 2.33. The van der Waals surface area contributed by atoms with Crippen molar-refractivity contribution in [1.82, 2.24) is 24.5 Å². The Morgan fingerprint density at radius 1 is 1.13 bits per heavy atom. The van der Waals surface area contributed by atoms with Gasteiger partial charge in [0.2, 0.25) is 0 Å². The summed E-state index contributed by atoms with van der Waals surface area (Å²) in [7, 11) is 0. The molecular weight excluding hydrogens is 515 g/mol. The predicted molar refractivity (Wildman–Crippen MR) is 138 cm³/mol. The lowest BCUT2D eigenvalue weighted by Gasteiger charge is -2.33. The molecule has 2 aromatic heterocycles. The Morgan fingerprint density at radius 2 is 1.79 bits per heavy atom. The van der Waals surface area contributed by atoms with Crippen molar-refractivity contribution in [3.63, 3.8) is 0 Å². The van der Waals surface area contributed by atoms with Gasteiger partial charge in [0.05, 0.1) is 24.3 Å². The van der Waals surface area contributed by atoms with E-state index >= 15 is 0 Å². The van der Waals surface area contributed by atoms with Gasteiger partial charge in [0.25, 0.3) is 5.91 Å². The molecule has 210 valence electrons. The highest BCUT2D eigenvalue weighted by molar-refractivity contribution is 6.03. The van der Waals surface area contributed by atoms with Gasteiger partial charge >= 0.3 is 12.3 Å². The van der Waals surface area contributed by atoms with Crippen molar-refractivity contribution in [2.24, 2.45) is 5.73 Å². The summed E-state index contributed by atoms with van der Waals surface area (Å²) in [5.74, 6) is -0.657. The molecule has 0 aliphatic carbocycles. The zero-order valence-electron chi connectivity index (χ0n) is 22.2. The number of primary amides is 1. The number of amides is 2. The summed E-state index contributed by atoms with van der Waals surface area (Å²) in [6.07, 6.45) is -0.729. The van der Waals surface area contributed by atoms with Gasteiger partial charge in [-0.25, -0.2) is 9.48 Å². The Kier molecular flexibility index (Phi) is 7.37. The summed E-state index contributed by atoms with van der Waals surface area (Å²) in [4.78, 5) is 26.4. The fourth-order valence-electron chi connectivity index (χ4n) is 4.67. The van der Waals surface area contributed by atoms with Gasteiger partial charge in [0, 0.05) is 24.8 Å². The molecule has 39 heavy (non-hydrogen) atoms. The van der Waals surface area contributed by atoms with Crippen LogP contribution in [0.15, 0.2) is 30.6 Å². The number of ether oxygens (including phenoxy) is 1. The van der Waals surface area contributed by atoms with E-state index < -0.39 is 29.3 Å². The predicted octanol–water partition coefficient (Wildman–Crippen LogP) is 4.38. The van der Waals surface area contributed by atoms with Gasteiger partial charge in [-0.3, -0.25) is 9.48 Å². The Morgan fingerprint density at radius 3 is 2.38 bits per heavy atom. The normalized spacial score (nSPS) is 15.0. The maximum atomic E-state index is 13.2. The average Bonchev–Trinajstić information content (AvgIpc) is 3.41. The van der Waals surface area contributed by atoms with E-state index in [-0.39, 0.29) is 29.7 Å². The number of anilines is 1. The summed E-state index contributed by atoms with van der Waals surface area (Å²) >= 11 is 0. The van der Waals surface area contributed by atoms with Crippen LogP contribution in [0.1, 0.15) is 66.7 Å². The number of hydrogen-bond donors (Lipinski definition) is 2. The quantitative estimate of drug-likeness (QED) is 0.487. The van der Waals surface area contributed by atoms with Crippen LogP contribution < -0.4 is 11.5 Å². The second kappa shape index (κ2) is 10.3. The van der Waals surface area contributed by atoms with Gasteiger partial charge in [-0.2, -0.15) is 23.4 Å². The van der Waals surface area contributed by atoms with Crippen LogP contribution in [0.3, 0.4) is 0 Å². The molecule has 10 nitrogen and oxygen atoms in total. The Labute approximate surface area is 223 Å². The summed E-state index contributed by atoms with van der Waals surface area (Å²) < 4.78 is 48.2. The summed E-state index contributed by atoms with van der Waals surface area (Å²) in [6, 6.07) is 3.64. The highest BCUT2D eigenvalue weighted by Gasteiger charge is 2.32. The van der Waals surface area contributed by atoms with Gasteiger partial charge in [0.1, 0.15) is 22.7 Å². The summed E-state index contributed by atoms with van der Waals surface area (Å²) in [5, 5.41) is 8.84. The number of nitrogen functional groups attached to an aromatic ring is 1.